The molecule has 2 rings (SSSR count). The molecule has 1 N–H and O–H groups in total. The van der Waals surface area contributed by atoms with Crippen molar-refractivity contribution in [2.45, 2.75) is 12.7 Å². The van der Waals surface area contributed by atoms with E-state index in [4.69, 9.17) is 11.6 Å². The highest BCUT2D eigenvalue weighted by molar-refractivity contribution is 6.30. The fourth-order valence-corrected chi connectivity index (χ4v) is 1.32. The second kappa shape index (κ2) is 4.85. The molecule has 0 fully saturated rings. The third kappa shape index (κ3) is 3.13. The number of hydrogen-bond acceptors (Lipinski definition) is 4. The molecule has 18 heavy (non-hydrogen) atoms. The van der Waals surface area contributed by atoms with E-state index in [1.165, 1.54) is 0 Å². The molecule has 0 radical (unpaired) electrons. The molecule has 0 saturated carbocycles. The van der Waals surface area contributed by atoms with Crippen molar-refractivity contribution in [3.8, 4) is 0 Å². The van der Waals surface area contributed by atoms with Gasteiger partial charge in [0, 0.05) is 11.6 Å². The van der Waals surface area contributed by atoms with Crippen molar-refractivity contribution in [1.82, 2.24) is 10.2 Å². The maximum Gasteiger partial charge on any atom is 0.470 e. The number of anilines is 1. The van der Waals surface area contributed by atoms with E-state index in [0.717, 1.165) is 5.56 Å². The van der Waals surface area contributed by atoms with Gasteiger partial charge in [0.15, 0.2) is 0 Å². The molecule has 0 unspecified atom stereocenters. The van der Waals surface area contributed by atoms with Gasteiger partial charge in [0.2, 0.25) is 0 Å². The molecule has 0 aliphatic carbocycles. The van der Waals surface area contributed by atoms with E-state index in [1.807, 2.05) is 0 Å². The number of halogens is 4. The number of hydrogen-bond donors (Lipinski definition) is 1. The summed E-state index contributed by atoms with van der Waals surface area (Å²) in [6.45, 7) is 0.261. The van der Waals surface area contributed by atoms with Gasteiger partial charge in [-0.2, -0.15) is 13.2 Å². The second-order valence-electron chi connectivity index (χ2n) is 3.39. The highest BCUT2D eigenvalue weighted by atomic mass is 35.5. The summed E-state index contributed by atoms with van der Waals surface area (Å²) >= 11 is 5.70. The Morgan fingerprint density at radius 3 is 2.39 bits per heavy atom. The number of aromatic nitrogens is 2. The highest BCUT2D eigenvalue weighted by Crippen LogP contribution is 2.28. The SMILES string of the molecule is FC(F)(F)c1nnc(NCc2ccc(Cl)cc2)o1. The minimum absolute atomic E-state index is 0.261. The van der Waals surface area contributed by atoms with Crippen molar-refractivity contribution < 1.29 is 17.6 Å². The molecular formula is C10H7ClF3N3O. The van der Waals surface area contributed by atoms with Gasteiger partial charge in [-0.3, -0.25) is 0 Å². The van der Waals surface area contributed by atoms with Crippen LogP contribution in [-0.2, 0) is 12.7 Å². The third-order valence-electron chi connectivity index (χ3n) is 2.02. The maximum atomic E-state index is 12.2. The van der Waals surface area contributed by atoms with Crippen molar-refractivity contribution in [2.24, 2.45) is 0 Å². The first-order valence-corrected chi connectivity index (χ1v) is 5.22. The van der Waals surface area contributed by atoms with Gasteiger partial charge in [0.05, 0.1) is 0 Å². The van der Waals surface area contributed by atoms with Crippen LogP contribution in [0.1, 0.15) is 11.5 Å². The minimum Gasteiger partial charge on any atom is -0.399 e. The number of nitrogens with zero attached hydrogens (tertiary/aromatic N) is 2. The summed E-state index contributed by atoms with van der Waals surface area (Å²) in [4.78, 5) is 0. The molecule has 0 saturated heterocycles. The average molecular weight is 278 g/mol. The highest BCUT2D eigenvalue weighted by Gasteiger charge is 2.38. The Morgan fingerprint density at radius 1 is 1.17 bits per heavy atom. The molecule has 1 aromatic carbocycles. The van der Waals surface area contributed by atoms with E-state index >= 15 is 0 Å². The third-order valence-corrected chi connectivity index (χ3v) is 2.28. The Bertz CT molecular complexity index is 524. The molecule has 8 heteroatoms. The molecule has 4 nitrogen and oxygen atoms in total. The van der Waals surface area contributed by atoms with Crippen LogP contribution in [0.2, 0.25) is 5.02 Å². The molecule has 1 heterocycles. The summed E-state index contributed by atoms with van der Waals surface area (Å²) in [5.41, 5.74) is 0.825. The summed E-state index contributed by atoms with van der Waals surface area (Å²) in [7, 11) is 0. The predicted octanol–water partition coefficient (Wildman–Crippen LogP) is 3.35. The Hall–Kier alpha value is -1.76. The van der Waals surface area contributed by atoms with Gasteiger partial charge in [-0.15, -0.1) is 5.10 Å². The van der Waals surface area contributed by atoms with E-state index < -0.39 is 12.1 Å². The topological polar surface area (TPSA) is 51.0 Å². The van der Waals surface area contributed by atoms with Gasteiger partial charge in [-0.05, 0) is 17.7 Å². The quantitative estimate of drug-likeness (QED) is 0.935. The maximum absolute atomic E-state index is 12.2. The molecule has 0 aliphatic heterocycles. The molecule has 2 aromatic rings. The molecule has 0 aliphatic rings. The van der Waals surface area contributed by atoms with Crippen molar-refractivity contribution in [1.29, 1.82) is 0 Å². The Morgan fingerprint density at radius 2 is 1.83 bits per heavy atom. The Kier molecular flexibility index (Phi) is 3.42. The molecule has 96 valence electrons. The van der Waals surface area contributed by atoms with Gasteiger partial charge in [-0.25, -0.2) is 0 Å². The van der Waals surface area contributed by atoms with Crippen molar-refractivity contribution in [3.63, 3.8) is 0 Å². The summed E-state index contributed by atoms with van der Waals surface area (Å²) in [6, 6.07) is 6.53. The zero-order valence-corrected chi connectivity index (χ0v) is 9.59. The summed E-state index contributed by atoms with van der Waals surface area (Å²) < 4.78 is 40.9. The van der Waals surface area contributed by atoms with E-state index in [9.17, 15) is 13.2 Å². The average Bonchev–Trinajstić information content (AvgIpc) is 2.77. The summed E-state index contributed by atoms with van der Waals surface area (Å²) in [6.07, 6.45) is -4.63. The van der Waals surface area contributed by atoms with Crippen LogP contribution in [0.5, 0.6) is 0 Å². The lowest BCUT2D eigenvalue weighted by molar-refractivity contribution is -0.156. The lowest BCUT2D eigenvalue weighted by Crippen LogP contribution is -2.04. The van der Waals surface area contributed by atoms with E-state index in [2.05, 4.69) is 19.9 Å². The number of benzene rings is 1. The smallest absolute Gasteiger partial charge is 0.399 e. The van der Waals surface area contributed by atoms with Crippen molar-refractivity contribution >= 4 is 17.6 Å². The van der Waals surface area contributed by atoms with Gasteiger partial charge in [0.1, 0.15) is 0 Å². The first-order valence-electron chi connectivity index (χ1n) is 4.84. The zero-order valence-electron chi connectivity index (χ0n) is 8.83. The lowest BCUT2D eigenvalue weighted by Gasteiger charge is -2.02. The van der Waals surface area contributed by atoms with Crippen LogP contribution in [-0.4, -0.2) is 10.2 Å². The number of alkyl halides is 3. The summed E-state index contributed by atoms with van der Waals surface area (Å²) in [5, 5.41) is 9.30. The van der Waals surface area contributed by atoms with Gasteiger partial charge in [0.25, 0.3) is 0 Å². The van der Waals surface area contributed by atoms with E-state index in [0.29, 0.717) is 5.02 Å². The lowest BCUT2D eigenvalue weighted by atomic mass is 10.2. The second-order valence-corrected chi connectivity index (χ2v) is 3.83. The molecule has 1 aromatic heterocycles. The van der Waals surface area contributed by atoms with Crippen LogP contribution in [0.3, 0.4) is 0 Å². The summed E-state index contributed by atoms with van der Waals surface area (Å²) in [5.74, 6) is -1.37. The van der Waals surface area contributed by atoms with Crippen LogP contribution in [0, 0.1) is 0 Å². The Labute approximate surface area is 105 Å². The number of rotatable bonds is 3. The molecular weight excluding hydrogens is 271 g/mol. The standard InChI is InChI=1S/C10H7ClF3N3O/c11-7-3-1-6(2-4-7)5-15-9-17-16-8(18-9)10(12,13)14/h1-4H,5H2,(H,15,17). The van der Waals surface area contributed by atoms with Crippen LogP contribution in [0.25, 0.3) is 0 Å². The van der Waals surface area contributed by atoms with Crippen molar-refractivity contribution in [3.05, 3.63) is 40.7 Å². The van der Waals surface area contributed by atoms with Crippen molar-refractivity contribution in [2.75, 3.05) is 5.32 Å². The fourth-order valence-electron chi connectivity index (χ4n) is 1.19. The molecule has 0 bridgehead atoms. The predicted molar refractivity (Wildman–Crippen MR) is 58.1 cm³/mol. The van der Waals surface area contributed by atoms with Gasteiger partial charge < -0.3 is 9.73 Å². The minimum atomic E-state index is -4.63. The largest absolute Gasteiger partial charge is 0.470 e. The van der Waals surface area contributed by atoms with Gasteiger partial charge >= 0.3 is 18.1 Å². The zero-order chi connectivity index (χ0) is 13.2. The van der Waals surface area contributed by atoms with Crippen LogP contribution in [0.4, 0.5) is 19.2 Å². The van der Waals surface area contributed by atoms with Crippen LogP contribution < -0.4 is 5.32 Å². The van der Waals surface area contributed by atoms with Crippen LogP contribution in [0.15, 0.2) is 28.7 Å². The first-order chi connectivity index (χ1) is 8.45. The molecule has 0 spiro atoms. The normalized spacial score (nSPS) is 11.6. The monoisotopic (exact) mass is 277 g/mol. The molecule has 0 amide bonds. The van der Waals surface area contributed by atoms with Gasteiger partial charge in [-0.1, -0.05) is 28.8 Å². The Balaban J connectivity index is 1.98. The van der Waals surface area contributed by atoms with E-state index in [1.54, 1.807) is 24.3 Å². The fraction of sp³-hybridized carbons (Fsp3) is 0.200. The first kappa shape index (κ1) is 12.7. The number of nitrogens with one attached hydrogen (secondary N) is 1. The molecule has 0 atom stereocenters. The van der Waals surface area contributed by atoms with E-state index in [-0.39, 0.29) is 12.6 Å². The van der Waals surface area contributed by atoms with Crippen LogP contribution >= 0.6 is 11.6 Å².